The van der Waals surface area contributed by atoms with E-state index in [4.69, 9.17) is 4.74 Å². The van der Waals surface area contributed by atoms with Crippen molar-refractivity contribution in [3.05, 3.63) is 33.4 Å². The molecule has 0 aliphatic carbocycles. The Morgan fingerprint density at radius 2 is 1.32 bits per heavy atom. The highest BCUT2D eigenvalue weighted by Gasteiger charge is 2.21. The van der Waals surface area contributed by atoms with E-state index in [1.807, 2.05) is 24.3 Å². The summed E-state index contributed by atoms with van der Waals surface area (Å²) in [6.07, 6.45) is 17.6. The summed E-state index contributed by atoms with van der Waals surface area (Å²) < 4.78 is 6.02. The summed E-state index contributed by atoms with van der Waals surface area (Å²) in [5.74, 6) is -0.457. The molecule has 1 aromatic rings. The van der Waals surface area contributed by atoms with Crippen molar-refractivity contribution in [2.24, 2.45) is 0 Å². The third kappa shape index (κ3) is 14.6. The van der Waals surface area contributed by atoms with E-state index in [-0.39, 0.29) is 5.91 Å². The molecular weight excluding hydrogens is 501 g/mol. The number of hydrogen-bond donors (Lipinski definition) is 1. The molecule has 1 atom stereocenters. The van der Waals surface area contributed by atoms with Crippen molar-refractivity contribution in [1.29, 1.82) is 0 Å². The second-order valence-corrected chi connectivity index (χ2v) is 9.71. The van der Waals surface area contributed by atoms with E-state index >= 15 is 0 Å². The van der Waals surface area contributed by atoms with E-state index in [2.05, 4.69) is 34.8 Å². The van der Waals surface area contributed by atoms with Gasteiger partial charge in [-0.25, -0.2) is 4.79 Å². The summed E-state index contributed by atoms with van der Waals surface area (Å²) in [5, 5.41) is 2.86. The molecule has 0 radical (unpaired) electrons. The zero-order valence-electron chi connectivity index (χ0n) is 19.6. The summed E-state index contributed by atoms with van der Waals surface area (Å²) in [4.78, 5) is 24.4. The van der Waals surface area contributed by atoms with E-state index in [0.29, 0.717) is 12.8 Å². The van der Waals surface area contributed by atoms with Crippen molar-refractivity contribution in [2.75, 3.05) is 7.11 Å². The van der Waals surface area contributed by atoms with Crippen LogP contribution in [-0.4, -0.2) is 25.0 Å². The number of rotatable bonds is 18. The Kier molecular flexibility index (Phi) is 16.6. The molecule has 176 valence electrons. The van der Waals surface area contributed by atoms with E-state index in [1.165, 1.54) is 77.7 Å². The predicted molar refractivity (Wildman–Crippen MR) is 137 cm³/mol. The Hall–Kier alpha value is -1.11. The highest BCUT2D eigenvalue weighted by molar-refractivity contribution is 14.1. The molecule has 5 heteroatoms. The third-order valence-corrected chi connectivity index (χ3v) is 6.40. The zero-order chi connectivity index (χ0) is 22.7. The summed E-state index contributed by atoms with van der Waals surface area (Å²) in [5.41, 5.74) is 1.01. The first-order chi connectivity index (χ1) is 15.1. The number of benzene rings is 1. The van der Waals surface area contributed by atoms with Gasteiger partial charge in [0.05, 0.1) is 7.11 Å². The first-order valence-electron chi connectivity index (χ1n) is 12.2. The number of unbranched alkanes of at least 4 members (excludes halogenated alkanes) is 12. The molecular formula is C26H42INO3. The molecule has 1 N–H and O–H groups in total. The normalized spacial score (nSPS) is 11.8. The quantitative estimate of drug-likeness (QED) is 0.124. The number of carbonyl (C=O) groups excluding carboxylic acids is 2. The molecule has 0 heterocycles. The van der Waals surface area contributed by atoms with Gasteiger partial charge in [-0.05, 0) is 46.7 Å². The number of amides is 1. The van der Waals surface area contributed by atoms with Gasteiger partial charge in [0.25, 0.3) is 0 Å². The number of methoxy groups -OCH3 is 1. The highest BCUT2D eigenvalue weighted by Crippen LogP contribution is 2.13. The number of hydrogen-bond acceptors (Lipinski definition) is 3. The Balaban J connectivity index is 2.10. The van der Waals surface area contributed by atoms with Gasteiger partial charge in [-0.3, -0.25) is 4.79 Å². The maximum absolute atomic E-state index is 12.3. The fourth-order valence-electron chi connectivity index (χ4n) is 3.76. The molecule has 0 unspecified atom stereocenters. The lowest BCUT2D eigenvalue weighted by Crippen LogP contribution is -2.43. The lowest BCUT2D eigenvalue weighted by Gasteiger charge is -2.16. The predicted octanol–water partition coefficient (Wildman–Crippen LogP) is 6.97. The summed E-state index contributed by atoms with van der Waals surface area (Å²) in [7, 11) is 1.36. The fraction of sp³-hybridized carbons (Fsp3) is 0.692. The molecule has 1 aromatic carbocycles. The number of carbonyl (C=O) groups is 2. The average molecular weight is 544 g/mol. The van der Waals surface area contributed by atoms with Gasteiger partial charge in [0.2, 0.25) is 5.91 Å². The van der Waals surface area contributed by atoms with Gasteiger partial charge in [0, 0.05) is 16.4 Å². The van der Waals surface area contributed by atoms with Gasteiger partial charge in [0.1, 0.15) is 6.04 Å². The van der Waals surface area contributed by atoms with Crippen molar-refractivity contribution >= 4 is 34.5 Å². The van der Waals surface area contributed by atoms with Crippen LogP contribution in [0.1, 0.15) is 102 Å². The van der Waals surface area contributed by atoms with Crippen molar-refractivity contribution in [3.8, 4) is 0 Å². The molecule has 0 aliphatic heterocycles. The van der Waals surface area contributed by atoms with E-state index in [0.717, 1.165) is 22.0 Å². The summed E-state index contributed by atoms with van der Waals surface area (Å²) in [6.45, 7) is 2.26. The molecule has 0 aliphatic rings. The number of ether oxygens (including phenoxy) is 1. The van der Waals surface area contributed by atoms with Crippen LogP contribution in [-0.2, 0) is 20.7 Å². The van der Waals surface area contributed by atoms with Crippen molar-refractivity contribution in [2.45, 2.75) is 109 Å². The van der Waals surface area contributed by atoms with Gasteiger partial charge in [0.15, 0.2) is 0 Å². The van der Waals surface area contributed by atoms with Crippen LogP contribution in [0.3, 0.4) is 0 Å². The van der Waals surface area contributed by atoms with Crippen molar-refractivity contribution < 1.29 is 14.3 Å². The van der Waals surface area contributed by atoms with Crippen LogP contribution in [0, 0.1) is 3.57 Å². The molecule has 0 saturated heterocycles. The van der Waals surface area contributed by atoms with Crippen LogP contribution in [0.2, 0.25) is 0 Å². The van der Waals surface area contributed by atoms with Gasteiger partial charge >= 0.3 is 5.97 Å². The Labute approximate surface area is 203 Å². The standard InChI is InChI=1S/C26H42INO3/c1-3-4-5-6-7-8-9-10-11-12-13-14-15-16-25(29)28-24(26(30)31-2)21-22-17-19-23(27)20-18-22/h17-20,24H,3-16,21H2,1-2H3,(H,28,29)/t24-/m0/s1. The van der Waals surface area contributed by atoms with Crippen LogP contribution < -0.4 is 5.32 Å². The van der Waals surface area contributed by atoms with E-state index in [9.17, 15) is 9.59 Å². The smallest absolute Gasteiger partial charge is 0.328 e. The summed E-state index contributed by atoms with van der Waals surface area (Å²) in [6, 6.07) is 7.34. The maximum atomic E-state index is 12.3. The second-order valence-electron chi connectivity index (χ2n) is 8.47. The highest BCUT2D eigenvalue weighted by atomic mass is 127. The van der Waals surface area contributed by atoms with Crippen LogP contribution in [0.5, 0.6) is 0 Å². The molecule has 4 nitrogen and oxygen atoms in total. The van der Waals surface area contributed by atoms with E-state index in [1.54, 1.807) is 0 Å². The first-order valence-corrected chi connectivity index (χ1v) is 13.3. The van der Waals surface area contributed by atoms with Crippen LogP contribution in [0.4, 0.5) is 0 Å². The first kappa shape index (κ1) is 27.9. The molecule has 0 spiro atoms. The van der Waals surface area contributed by atoms with Crippen LogP contribution in [0.25, 0.3) is 0 Å². The monoisotopic (exact) mass is 543 g/mol. The molecule has 0 saturated carbocycles. The average Bonchev–Trinajstić information content (AvgIpc) is 2.77. The number of esters is 1. The van der Waals surface area contributed by atoms with Gasteiger partial charge in [-0.2, -0.15) is 0 Å². The minimum atomic E-state index is -0.625. The SMILES string of the molecule is CCCCCCCCCCCCCCCC(=O)N[C@@H](Cc1ccc(I)cc1)C(=O)OC. The zero-order valence-corrected chi connectivity index (χ0v) is 21.8. The fourth-order valence-corrected chi connectivity index (χ4v) is 4.12. The minimum absolute atomic E-state index is 0.0658. The van der Waals surface area contributed by atoms with Crippen molar-refractivity contribution in [3.63, 3.8) is 0 Å². The summed E-state index contributed by atoms with van der Waals surface area (Å²) >= 11 is 2.25. The third-order valence-electron chi connectivity index (χ3n) is 5.68. The van der Waals surface area contributed by atoms with Crippen molar-refractivity contribution in [1.82, 2.24) is 5.32 Å². The minimum Gasteiger partial charge on any atom is -0.467 e. The van der Waals surface area contributed by atoms with Gasteiger partial charge < -0.3 is 10.1 Å². The largest absolute Gasteiger partial charge is 0.467 e. The molecule has 0 fully saturated rings. The Morgan fingerprint density at radius 3 is 1.81 bits per heavy atom. The molecule has 0 aromatic heterocycles. The molecule has 31 heavy (non-hydrogen) atoms. The number of halogens is 1. The van der Waals surface area contributed by atoms with Crippen LogP contribution in [0.15, 0.2) is 24.3 Å². The van der Waals surface area contributed by atoms with Gasteiger partial charge in [-0.1, -0.05) is 96.1 Å². The Morgan fingerprint density at radius 1 is 0.839 bits per heavy atom. The van der Waals surface area contributed by atoms with Crippen LogP contribution >= 0.6 is 22.6 Å². The second kappa shape index (κ2) is 18.5. The molecule has 0 bridgehead atoms. The lowest BCUT2D eigenvalue weighted by atomic mass is 10.0. The molecule has 1 rings (SSSR count). The van der Waals surface area contributed by atoms with Gasteiger partial charge in [-0.15, -0.1) is 0 Å². The maximum Gasteiger partial charge on any atom is 0.328 e. The number of nitrogens with one attached hydrogen (secondary N) is 1. The lowest BCUT2D eigenvalue weighted by molar-refractivity contribution is -0.145. The Bertz CT molecular complexity index is 603. The topological polar surface area (TPSA) is 55.4 Å². The van der Waals surface area contributed by atoms with E-state index < -0.39 is 12.0 Å². The molecule has 1 amide bonds.